The Morgan fingerprint density at radius 2 is 2.36 bits per heavy atom. The Labute approximate surface area is 74.7 Å². The first kappa shape index (κ1) is 8.53. The molecule has 0 saturated carbocycles. The van der Waals surface area contributed by atoms with Gasteiger partial charge < -0.3 is 4.74 Å². The molecule has 0 amide bonds. The minimum Gasteiger partial charge on any atom is -0.494 e. The predicted molar refractivity (Wildman–Crippen MR) is 47.9 cm³/mol. The summed E-state index contributed by atoms with van der Waals surface area (Å²) in [6, 6.07) is 1.98. The van der Waals surface area contributed by atoms with Gasteiger partial charge in [0.1, 0.15) is 4.60 Å². The standard InChI is InChI=1S/C8H10BrNO/c1-3-6-4-7(11-2)8(9)10-5-6/h4-5H,3H2,1-2H3. The number of ether oxygens (including phenoxy) is 1. The summed E-state index contributed by atoms with van der Waals surface area (Å²) in [6.45, 7) is 2.09. The molecule has 3 heteroatoms. The van der Waals surface area contributed by atoms with E-state index in [-0.39, 0.29) is 0 Å². The molecule has 0 fully saturated rings. The highest BCUT2D eigenvalue weighted by atomic mass is 79.9. The van der Waals surface area contributed by atoms with Gasteiger partial charge in [0.05, 0.1) is 7.11 Å². The van der Waals surface area contributed by atoms with E-state index in [4.69, 9.17) is 4.74 Å². The number of hydrogen-bond acceptors (Lipinski definition) is 2. The Hall–Kier alpha value is -0.570. The van der Waals surface area contributed by atoms with Crippen LogP contribution in [0.5, 0.6) is 5.75 Å². The summed E-state index contributed by atoms with van der Waals surface area (Å²) in [4.78, 5) is 4.11. The van der Waals surface area contributed by atoms with Crippen molar-refractivity contribution in [2.45, 2.75) is 13.3 Å². The van der Waals surface area contributed by atoms with E-state index in [0.717, 1.165) is 16.8 Å². The van der Waals surface area contributed by atoms with Gasteiger partial charge >= 0.3 is 0 Å². The van der Waals surface area contributed by atoms with Crippen LogP contribution in [0.15, 0.2) is 16.9 Å². The van der Waals surface area contributed by atoms with Crippen LogP contribution in [0.1, 0.15) is 12.5 Å². The summed E-state index contributed by atoms with van der Waals surface area (Å²) in [7, 11) is 1.64. The Morgan fingerprint density at radius 3 is 2.91 bits per heavy atom. The molecule has 0 aromatic carbocycles. The van der Waals surface area contributed by atoms with Crippen LogP contribution in [-0.4, -0.2) is 12.1 Å². The first-order chi connectivity index (χ1) is 5.27. The van der Waals surface area contributed by atoms with Crippen LogP contribution < -0.4 is 4.74 Å². The lowest BCUT2D eigenvalue weighted by atomic mass is 10.2. The van der Waals surface area contributed by atoms with Crippen LogP contribution in [0.4, 0.5) is 0 Å². The maximum Gasteiger partial charge on any atom is 0.151 e. The van der Waals surface area contributed by atoms with Gasteiger partial charge in [-0.25, -0.2) is 4.98 Å². The van der Waals surface area contributed by atoms with Crippen LogP contribution in [0, 0.1) is 0 Å². The molecule has 0 radical (unpaired) electrons. The molecule has 0 unspecified atom stereocenters. The molecule has 0 aliphatic carbocycles. The third-order valence-corrected chi connectivity index (χ3v) is 2.09. The first-order valence-electron chi connectivity index (χ1n) is 3.46. The summed E-state index contributed by atoms with van der Waals surface area (Å²) in [5.74, 6) is 0.796. The van der Waals surface area contributed by atoms with Gasteiger partial charge in [-0.05, 0) is 34.0 Å². The lowest BCUT2D eigenvalue weighted by Crippen LogP contribution is -1.89. The van der Waals surface area contributed by atoms with E-state index in [1.165, 1.54) is 5.56 Å². The molecule has 1 aromatic heterocycles. The molecule has 1 heterocycles. The van der Waals surface area contributed by atoms with Gasteiger partial charge in [0.25, 0.3) is 0 Å². The summed E-state index contributed by atoms with van der Waals surface area (Å²) in [5, 5.41) is 0. The van der Waals surface area contributed by atoms with Crippen LogP contribution in [0.3, 0.4) is 0 Å². The van der Waals surface area contributed by atoms with Crippen molar-refractivity contribution in [2.75, 3.05) is 7.11 Å². The van der Waals surface area contributed by atoms with Crippen LogP contribution >= 0.6 is 15.9 Å². The molecule has 2 nitrogen and oxygen atoms in total. The highest BCUT2D eigenvalue weighted by molar-refractivity contribution is 9.10. The predicted octanol–water partition coefficient (Wildman–Crippen LogP) is 2.42. The fourth-order valence-corrected chi connectivity index (χ4v) is 1.18. The van der Waals surface area contributed by atoms with E-state index < -0.39 is 0 Å². The topological polar surface area (TPSA) is 22.1 Å². The molecule has 0 bridgehead atoms. The molecule has 0 N–H and O–H groups in total. The first-order valence-corrected chi connectivity index (χ1v) is 4.25. The van der Waals surface area contributed by atoms with Gasteiger partial charge in [-0.2, -0.15) is 0 Å². The zero-order valence-corrected chi connectivity index (χ0v) is 8.18. The second-order valence-corrected chi connectivity index (χ2v) is 2.94. The molecule has 0 aliphatic rings. The molecule has 11 heavy (non-hydrogen) atoms. The smallest absolute Gasteiger partial charge is 0.151 e. The normalized spacial score (nSPS) is 9.73. The van der Waals surface area contributed by atoms with Gasteiger partial charge in [-0.1, -0.05) is 6.92 Å². The number of aryl methyl sites for hydroxylation is 1. The van der Waals surface area contributed by atoms with Crippen LogP contribution in [0.25, 0.3) is 0 Å². The number of aromatic nitrogens is 1. The minimum absolute atomic E-state index is 0.761. The summed E-state index contributed by atoms with van der Waals surface area (Å²) < 4.78 is 5.84. The lowest BCUT2D eigenvalue weighted by molar-refractivity contribution is 0.409. The number of halogens is 1. The third-order valence-electron chi connectivity index (χ3n) is 1.49. The number of hydrogen-bond donors (Lipinski definition) is 0. The van der Waals surface area contributed by atoms with Crippen molar-refractivity contribution in [3.8, 4) is 5.75 Å². The van der Waals surface area contributed by atoms with E-state index in [0.29, 0.717) is 0 Å². The second kappa shape index (κ2) is 3.72. The van der Waals surface area contributed by atoms with E-state index >= 15 is 0 Å². The molecule has 1 rings (SSSR count). The van der Waals surface area contributed by atoms with Gasteiger partial charge in [-0.15, -0.1) is 0 Å². The Morgan fingerprint density at radius 1 is 1.64 bits per heavy atom. The Kier molecular flexibility index (Phi) is 2.88. The maximum absolute atomic E-state index is 5.08. The molecule has 60 valence electrons. The average molecular weight is 216 g/mol. The Balaban J connectivity index is 3.02. The second-order valence-electron chi connectivity index (χ2n) is 2.19. The Bertz CT molecular complexity index is 250. The van der Waals surface area contributed by atoms with Crippen molar-refractivity contribution in [3.05, 3.63) is 22.4 Å². The van der Waals surface area contributed by atoms with Gasteiger partial charge in [0, 0.05) is 6.20 Å². The molecule has 0 aliphatic heterocycles. The SMILES string of the molecule is CCc1cnc(Br)c(OC)c1. The molecule has 0 saturated heterocycles. The van der Waals surface area contributed by atoms with E-state index in [2.05, 4.69) is 27.8 Å². The van der Waals surface area contributed by atoms with Crippen molar-refractivity contribution >= 4 is 15.9 Å². The van der Waals surface area contributed by atoms with Crippen molar-refractivity contribution in [1.29, 1.82) is 0 Å². The fourth-order valence-electron chi connectivity index (χ4n) is 0.805. The number of rotatable bonds is 2. The molecule has 0 atom stereocenters. The van der Waals surface area contributed by atoms with Gasteiger partial charge in [-0.3, -0.25) is 0 Å². The highest BCUT2D eigenvalue weighted by Crippen LogP contribution is 2.22. The van der Waals surface area contributed by atoms with Crippen LogP contribution in [0.2, 0.25) is 0 Å². The van der Waals surface area contributed by atoms with Crippen molar-refractivity contribution < 1.29 is 4.74 Å². The minimum atomic E-state index is 0.761. The number of methoxy groups -OCH3 is 1. The zero-order valence-electron chi connectivity index (χ0n) is 6.60. The fraction of sp³-hybridized carbons (Fsp3) is 0.375. The summed E-state index contributed by atoms with van der Waals surface area (Å²) in [5.41, 5.74) is 1.19. The van der Waals surface area contributed by atoms with Gasteiger partial charge in [0.2, 0.25) is 0 Å². The quantitative estimate of drug-likeness (QED) is 0.708. The maximum atomic E-state index is 5.08. The highest BCUT2D eigenvalue weighted by Gasteiger charge is 2.00. The van der Waals surface area contributed by atoms with E-state index in [1.807, 2.05) is 12.3 Å². The van der Waals surface area contributed by atoms with Crippen LogP contribution in [-0.2, 0) is 6.42 Å². The molecular weight excluding hydrogens is 206 g/mol. The lowest BCUT2D eigenvalue weighted by Gasteiger charge is -2.03. The number of pyridine rings is 1. The van der Waals surface area contributed by atoms with Crippen molar-refractivity contribution in [3.63, 3.8) is 0 Å². The average Bonchev–Trinajstić information content (AvgIpc) is 2.05. The monoisotopic (exact) mass is 215 g/mol. The molecule has 0 spiro atoms. The number of nitrogens with zero attached hydrogens (tertiary/aromatic N) is 1. The third kappa shape index (κ3) is 1.93. The summed E-state index contributed by atoms with van der Waals surface area (Å²) >= 11 is 3.28. The largest absolute Gasteiger partial charge is 0.494 e. The molecule has 1 aromatic rings. The summed E-state index contributed by atoms with van der Waals surface area (Å²) in [6.07, 6.45) is 2.82. The molecular formula is C8H10BrNO. The van der Waals surface area contributed by atoms with Crippen molar-refractivity contribution in [2.24, 2.45) is 0 Å². The van der Waals surface area contributed by atoms with Gasteiger partial charge in [0.15, 0.2) is 5.75 Å². The zero-order chi connectivity index (χ0) is 8.27. The van der Waals surface area contributed by atoms with E-state index in [1.54, 1.807) is 7.11 Å². The van der Waals surface area contributed by atoms with Crippen molar-refractivity contribution in [1.82, 2.24) is 4.98 Å². The van der Waals surface area contributed by atoms with E-state index in [9.17, 15) is 0 Å².